The maximum absolute atomic E-state index is 13.2. The molecule has 0 aliphatic rings. The summed E-state index contributed by atoms with van der Waals surface area (Å²) in [7, 11) is 3.17. The molecule has 3 aromatic rings. The van der Waals surface area contributed by atoms with Gasteiger partial charge in [-0.3, -0.25) is 9.59 Å². The van der Waals surface area contributed by atoms with Gasteiger partial charge >= 0.3 is 0 Å². The molecule has 0 aliphatic carbocycles. The Morgan fingerprint density at radius 1 is 0.947 bits per heavy atom. The lowest BCUT2D eigenvalue weighted by atomic mass is 10.1. The molecule has 0 fully saturated rings. The van der Waals surface area contributed by atoms with E-state index < -0.39 is 0 Å². The second kappa shape index (κ2) is 13.8. The number of aryl methyl sites for hydroxylation is 1. The largest absolute Gasteiger partial charge is 0.493 e. The van der Waals surface area contributed by atoms with Crippen LogP contribution in [-0.2, 0) is 29.0 Å². The number of unbranched alkanes of at least 4 members (excludes halogenated alkanes) is 2. The van der Waals surface area contributed by atoms with Crippen molar-refractivity contribution in [3.05, 3.63) is 53.9 Å². The minimum atomic E-state index is -0.0163. The molecule has 2 amide bonds. The number of para-hydroxylation sites is 2. The highest BCUT2D eigenvalue weighted by molar-refractivity contribution is 5.81. The minimum Gasteiger partial charge on any atom is -0.493 e. The lowest BCUT2D eigenvalue weighted by molar-refractivity contribution is -0.135. The van der Waals surface area contributed by atoms with Gasteiger partial charge in [0.2, 0.25) is 11.8 Å². The van der Waals surface area contributed by atoms with Gasteiger partial charge in [0.1, 0.15) is 12.4 Å². The highest BCUT2D eigenvalue weighted by Crippen LogP contribution is 2.27. The standard InChI is InChI=1S/C30H42N4O4/c1-21(2)34(22(3)4)30(36)20-33-25-13-10-9-12-24(25)32-28(33)14-8-7-11-17-31-29(35)19-23-15-16-26(37-5)27(18-23)38-6/h9-10,12-13,15-16,18,21-22H,7-8,11,14,17,19-20H2,1-6H3,(H,31,35). The van der Waals surface area contributed by atoms with Crippen LogP contribution >= 0.6 is 0 Å². The summed E-state index contributed by atoms with van der Waals surface area (Å²) >= 11 is 0. The zero-order valence-corrected chi connectivity index (χ0v) is 23.6. The highest BCUT2D eigenvalue weighted by atomic mass is 16.5. The number of methoxy groups -OCH3 is 2. The van der Waals surface area contributed by atoms with Crippen molar-refractivity contribution in [2.75, 3.05) is 20.8 Å². The Morgan fingerprint density at radius 2 is 1.66 bits per heavy atom. The van der Waals surface area contributed by atoms with Gasteiger partial charge in [-0.2, -0.15) is 0 Å². The minimum absolute atomic E-state index is 0.0163. The zero-order valence-electron chi connectivity index (χ0n) is 23.6. The van der Waals surface area contributed by atoms with Crippen molar-refractivity contribution in [2.45, 2.75) is 78.4 Å². The number of hydrogen-bond donors (Lipinski definition) is 1. The molecule has 1 heterocycles. The summed E-state index contributed by atoms with van der Waals surface area (Å²) in [5.74, 6) is 2.29. The predicted molar refractivity (Wildman–Crippen MR) is 151 cm³/mol. The Labute approximate surface area is 226 Å². The first kappa shape index (κ1) is 29.0. The van der Waals surface area contributed by atoms with Crippen molar-refractivity contribution in [1.82, 2.24) is 19.8 Å². The van der Waals surface area contributed by atoms with Gasteiger partial charge in [0.15, 0.2) is 11.5 Å². The summed E-state index contributed by atoms with van der Waals surface area (Å²) in [5.41, 5.74) is 2.78. The van der Waals surface area contributed by atoms with Crippen molar-refractivity contribution in [3.63, 3.8) is 0 Å². The number of fused-ring (bicyclic) bond motifs is 1. The number of nitrogens with zero attached hydrogens (tertiary/aromatic N) is 3. The van der Waals surface area contributed by atoms with Gasteiger partial charge in [0, 0.05) is 25.0 Å². The Kier molecular flexibility index (Phi) is 10.6. The zero-order chi connectivity index (χ0) is 27.7. The average Bonchev–Trinajstić information content (AvgIpc) is 3.22. The summed E-state index contributed by atoms with van der Waals surface area (Å²) in [6, 6.07) is 13.8. The van der Waals surface area contributed by atoms with E-state index in [0.29, 0.717) is 31.0 Å². The molecule has 8 nitrogen and oxygen atoms in total. The van der Waals surface area contributed by atoms with Crippen LogP contribution in [0.2, 0.25) is 0 Å². The fourth-order valence-electron chi connectivity index (χ4n) is 4.93. The lowest BCUT2D eigenvalue weighted by Gasteiger charge is -2.31. The van der Waals surface area contributed by atoms with Crippen LogP contribution in [0, 0.1) is 0 Å². The number of benzene rings is 2. The summed E-state index contributed by atoms with van der Waals surface area (Å²) in [4.78, 5) is 32.3. The van der Waals surface area contributed by atoms with E-state index in [9.17, 15) is 9.59 Å². The van der Waals surface area contributed by atoms with Crippen LogP contribution in [0.1, 0.15) is 58.3 Å². The highest BCUT2D eigenvalue weighted by Gasteiger charge is 2.22. The van der Waals surface area contributed by atoms with Crippen molar-refractivity contribution in [1.29, 1.82) is 0 Å². The Hall–Kier alpha value is -3.55. The van der Waals surface area contributed by atoms with Gasteiger partial charge in [-0.15, -0.1) is 0 Å². The third kappa shape index (κ3) is 7.49. The number of amides is 2. The molecule has 206 valence electrons. The molecule has 0 bridgehead atoms. The molecule has 0 aliphatic heterocycles. The molecular weight excluding hydrogens is 480 g/mol. The number of hydrogen-bond acceptors (Lipinski definition) is 5. The van der Waals surface area contributed by atoms with E-state index in [1.54, 1.807) is 14.2 Å². The maximum atomic E-state index is 13.2. The fraction of sp³-hybridized carbons (Fsp3) is 0.500. The van der Waals surface area contributed by atoms with Gasteiger partial charge in [0.05, 0.1) is 31.7 Å². The second-order valence-corrected chi connectivity index (χ2v) is 10.1. The van der Waals surface area contributed by atoms with E-state index in [4.69, 9.17) is 14.5 Å². The first-order valence-corrected chi connectivity index (χ1v) is 13.5. The van der Waals surface area contributed by atoms with Crippen molar-refractivity contribution < 1.29 is 19.1 Å². The van der Waals surface area contributed by atoms with Crippen LogP contribution in [0.15, 0.2) is 42.5 Å². The number of rotatable bonds is 14. The van der Waals surface area contributed by atoms with Gasteiger partial charge in [-0.05, 0) is 70.4 Å². The normalized spacial score (nSPS) is 11.3. The Morgan fingerprint density at radius 3 is 2.34 bits per heavy atom. The molecule has 0 atom stereocenters. The summed E-state index contributed by atoms with van der Waals surface area (Å²) in [5, 5.41) is 3.01. The number of imidazole rings is 1. The van der Waals surface area contributed by atoms with Crippen LogP contribution in [-0.4, -0.2) is 59.1 Å². The quantitative estimate of drug-likeness (QED) is 0.308. The van der Waals surface area contributed by atoms with E-state index in [1.165, 1.54) is 0 Å². The smallest absolute Gasteiger partial charge is 0.243 e. The van der Waals surface area contributed by atoms with Gasteiger partial charge in [-0.25, -0.2) is 4.98 Å². The lowest BCUT2D eigenvalue weighted by Crippen LogP contribution is -2.43. The summed E-state index contributed by atoms with van der Waals surface area (Å²) in [6.07, 6.45) is 3.84. The molecular formula is C30H42N4O4. The van der Waals surface area contributed by atoms with Crippen LogP contribution < -0.4 is 14.8 Å². The predicted octanol–water partition coefficient (Wildman–Crippen LogP) is 4.77. The van der Waals surface area contributed by atoms with E-state index >= 15 is 0 Å². The number of ether oxygens (including phenoxy) is 2. The SMILES string of the molecule is COc1ccc(CC(=O)NCCCCCc2nc3ccccc3n2CC(=O)N(C(C)C)C(C)C)cc1OC. The maximum Gasteiger partial charge on any atom is 0.243 e. The van der Waals surface area contributed by atoms with Crippen molar-refractivity contribution in [2.24, 2.45) is 0 Å². The third-order valence-corrected chi connectivity index (χ3v) is 6.64. The number of carbonyl (C=O) groups excluding carboxylic acids is 2. The number of nitrogens with one attached hydrogen (secondary N) is 1. The molecule has 0 unspecified atom stereocenters. The molecule has 38 heavy (non-hydrogen) atoms. The topological polar surface area (TPSA) is 85.7 Å². The van der Waals surface area contributed by atoms with Crippen LogP contribution in [0.25, 0.3) is 11.0 Å². The Balaban J connectivity index is 1.51. The van der Waals surface area contributed by atoms with Gasteiger partial charge in [-0.1, -0.05) is 24.6 Å². The van der Waals surface area contributed by atoms with Crippen LogP contribution in [0.5, 0.6) is 11.5 Å². The number of aromatic nitrogens is 2. The molecule has 1 N–H and O–H groups in total. The average molecular weight is 523 g/mol. The van der Waals surface area contributed by atoms with Gasteiger partial charge < -0.3 is 24.3 Å². The molecule has 0 saturated heterocycles. The van der Waals surface area contributed by atoms with E-state index in [-0.39, 0.29) is 23.9 Å². The fourth-order valence-corrected chi connectivity index (χ4v) is 4.93. The van der Waals surface area contributed by atoms with Crippen molar-refractivity contribution >= 4 is 22.8 Å². The van der Waals surface area contributed by atoms with E-state index in [0.717, 1.165) is 48.1 Å². The third-order valence-electron chi connectivity index (χ3n) is 6.64. The molecule has 0 saturated carbocycles. The van der Waals surface area contributed by atoms with Crippen LogP contribution in [0.4, 0.5) is 0 Å². The molecule has 0 spiro atoms. The summed E-state index contributed by atoms with van der Waals surface area (Å²) < 4.78 is 12.6. The Bertz CT molecular complexity index is 1210. The summed E-state index contributed by atoms with van der Waals surface area (Å²) in [6.45, 7) is 9.13. The van der Waals surface area contributed by atoms with Crippen LogP contribution in [0.3, 0.4) is 0 Å². The molecule has 2 aromatic carbocycles. The number of carbonyl (C=O) groups is 2. The molecule has 1 aromatic heterocycles. The van der Waals surface area contributed by atoms with E-state index in [2.05, 4.69) is 37.6 Å². The van der Waals surface area contributed by atoms with E-state index in [1.807, 2.05) is 47.4 Å². The molecule has 3 rings (SSSR count). The monoisotopic (exact) mass is 522 g/mol. The van der Waals surface area contributed by atoms with Crippen molar-refractivity contribution in [3.8, 4) is 11.5 Å². The first-order chi connectivity index (χ1) is 18.2. The van der Waals surface area contributed by atoms with Gasteiger partial charge in [0.25, 0.3) is 0 Å². The molecule has 0 radical (unpaired) electrons. The molecule has 8 heteroatoms. The second-order valence-electron chi connectivity index (χ2n) is 10.1. The first-order valence-electron chi connectivity index (χ1n) is 13.5.